The largest absolute Gasteiger partial charge is 0.381 e. The first kappa shape index (κ1) is 12.0. The summed E-state index contributed by atoms with van der Waals surface area (Å²) < 4.78 is 11.9. The Hall–Kier alpha value is -1.79. The molecule has 0 amide bonds. The highest BCUT2D eigenvalue weighted by molar-refractivity contribution is 7.18. The van der Waals surface area contributed by atoms with Crippen LogP contribution in [-0.2, 0) is 4.74 Å². The second-order valence-electron chi connectivity index (χ2n) is 4.93. The van der Waals surface area contributed by atoms with Gasteiger partial charge in [-0.2, -0.15) is 4.98 Å². The van der Waals surface area contributed by atoms with Crippen LogP contribution in [0.1, 0.15) is 23.2 Å². The van der Waals surface area contributed by atoms with Gasteiger partial charge >= 0.3 is 0 Å². The van der Waals surface area contributed by atoms with Crippen molar-refractivity contribution in [2.24, 2.45) is 0 Å². The Morgan fingerprint density at radius 1 is 1.30 bits per heavy atom. The van der Waals surface area contributed by atoms with Gasteiger partial charge in [0.05, 0.1) is 21.8 Å². The van der Waals surface area contributed by atoms with Crippen LogP contribution in [0.15, 0.2) is 22.7 Å². The predicted molar refractivity (Wildman–Crippen MR) is 75.8 cm³/mol. The number of rotatable bonds is 2. The van der Waals surface area contributed by atoms with E-state index in [1.54, 1.807) is 11.3 Å². The van der Waals surface area contributed by atoms with Crippen molar-refractivity contribution in [2.45, 2.75) is 19.3 Å². The summed E-state index contributed by atoms with van der Waals surface area (Å²) in [4.78, 5) is 8.95. The molecule has 4 rings (SSSR count). The molecule has 0 N–H and O–H groups in total. The highest BCUT2D eigenvalue weighted by Crippen LogP contribution is 2.29. The fourth-order valence-corrected chi connectivity index (χ4v) is 3.30. The van der Waals surface area contributed by atoms with Crippen LogP contribution in [0.3, 0.4) is 0 Å². The summed E-state index contributed by atoms with van der Waals surface area (Å²) in [6.45, 7) is 3.47. The van der Waals surface area contributed by atoms with Crippen LogP contribution in [0.25, 0.3) is 21.7 Å². The van der Waals surface area contributed by atoms with E-state index in [4.69, 9.17) is 9.26 Å². The minimum atomic E-state index is 0.266. The topological polar surface area (TPSA) is 61.0 Å². The lowest BCUT2D eigenvalue weighted by Crippen LogP contribution is -1.99. The van der Waals surface area contributed by atoms with Crippen LogP contribution in [0, 0.1) is 6.92 Å². The minimum absolute atomic E-state index is 0.266. The van der Waals surface area contributed by atoms with Gasteiger partial charge in [-0.3, -0.25) is 0 Å². The number of thiazole rings is 1. The van der Waals surface area contributed by atoms with Gasteiger partial charge in [0.1, 0.15) is 0 Å². The Balaban J connectivity index is 1.71. The first-order valence-corrected chi connectivity index (χ1v) is 7.40. The molecule has 3 aromatic rings. The maximum atomic E-state index is 5.39. The molecule has 1 aliphatic heterocycles. The molecule has 1 aliphatic rings. The van der Waals surface area contributed by atoms with Gasteiger partial charge in [-0.15, -0.1) is 11.3 Å². The van der Waals surface area contributed by atoms with E-state index < -0.39 is 0 Å². The van der Waals surface area contributed by atoms with Crippen LogP contribution in [-0.4, -0.2) is 28.3 Å². The van der Waals surface area contributed by atoms with Crippen molar-refractivity contribution in [3.63, 3.8) is 0 Å². The lowest BCUT2D eigenvalue weighted by atomic mass is 10.1. The van der Waals surface area contributed by atoms with Crippen LogP contribution < -0.4 is 0 Å². The molecule has 1 saturated heterocycles. The summed E-state index contributed by atoms with van der Waals surface area (Å²) >= 11 is 1.67. The third-order valence-corrected chi connectivity index (χ3v) is 4.41. The number of ether oxygens (including phenoxy) is 1. The van der Waals surface area contributed by atoms with Crippen molar-refractivity contribution in [2.75, 3.05) is 13.2 Å². The highest BCUT2D eigenvalue weighted by atomic mass is 32.1. The van der Waals surface area contributed by atoms with Crippen molar-refractivity contribution >= 4 is 21.6 Å². The monoisotopic (exact) mass is 287 g/mol. The van der Waals surface area contributed by atoms with E-state index >= 15 is 0 Å². The molecule has 1 fully saturated rings. The number of aromatic nitrogens is 3. The lowest BCUT2D eigenvalue weighted by Gasteiger charge is -1.97. The predicted octanol–water partition coefficient (Wildman–Crippen LogP) is 3.16. The zero-order chi connectivity index (χ0) is 13.5. The zero-order valence-corrected chi connectivity index (χ0v) is 11.8. The molecule has 1 atom stereocenters. The minimum Gasteiger partial charge on any atom is -0.381 e. The average Bonchev–Trinajstić information content (AvgIpc) is 3.17. The first-order valence-electron chi connectivity index (χ1n) is 6.58. The van der Waals surface area contributed by atoms with Gasteiger partial charge in [-0.25, -0.2) is 4.98 Å². The van der Waals surface area contributed by atoms with Crippen molar-refractivity contribution in [1.82, 2.24) is 15.1 Å². The number of fused-ring (bicyclic) bond motifs is 1. The molecule has 6 heteroatoms. The molecule has 0 bridgehead atoms. The van der Waals surface area contributed by atoms with E-state index in [1.807, 2.05) is 19.1 Å². The van der Waals surface area contributed by atoms with Crippen molar-refractivity contribution in [1.29, 1.82) is 0 Å². The summed E-state index contributed by atoms with van der Waals surface area (Å²) in [5.74, 6) is 1.58. The number of benzene rings is 1. The Labute approximate surface area is 119 Å². The summed E-state index contributed by atoms with van der Waals surface area (Å²) in [7, 11) is 0. The third-order valence-electron chi connectivity index (χ3n) is 3.48. The molecule has 1 aromatic carbocycles. The Morgan fingerprint density at radius 3 is 3.10 bits per heavy atom. The van der Waals surface area contributed by atoms with Gasteiger partial charge in [0.15, 0.2) is 5.82 Å². The Morgan fingerprint density at radius 2 is 2.25 bits per heavy atom. The molecule has 2 aromatic heterocycles. The molecular formula is C14H13N3O2S. The summed E-state index contributed by atoms with van der Waals surface area (Å²) in [5.41, 5.74) is 1.96. The normalized spacial score (nSPS) is 18.9. The molecule has 102 valence electrons. The van der Waals surface area contributed by atoms with Crippen molar-refractivity contribution in [3.8, 4) is 11.5 Å². The summed E-state index contributed by atoms with van der Waals surface area (Å²) in [5, 5.41) is 5.14. The smallest absolute Gasteiger partial charge is 0.257 e. The second-order valence-corrected chi connectivity index (χ2v) is 6.17. The molecule has 0 spiro atoms. The standard InChI is InChI=1S/C14H13N3O2S/c1-8-15-11-3-2-9(6-12(11)20-8)14-16-13(17-19-14)10-4-5-18-7-10/h2-3,6,10H,4-5,7H2,1H3/t10-/m0/s1. The first-order chi connectivity index (χ1) is 9.79. The van der Waals surface area contributed by atoms with E-state index in [1.165, 1.54) is 0 Å². The van der Waals surface area contributed by atoms with Crippen LogP contribution in [0.5, 0.6) is 0 Å². The molecule has 0 aliphatic carbocycles. The second kappa shape index (κ2) is 4.64. The molecule has 3 heterocycles. The number of hydrogen-bond acceptors (Lipinski definition) is 6. The SMILES string of the molecule is Cc1nc2ccc(-c3nc([C@H]4CCOC4)no3)cc2s1. The maximum Gasteiger partial charge on any atom is 0.257 e. The van der Waals surface area contributed by atoms with E-state index in [0.29, 0.717) is 12.5 Å². The molecule has 5 nitrogen and oxygen atoms in total. The number of nitrogens with zero attached hydrogens (tertiary/aromatic N) is 3. The Kier molecular flexibility index (Phi) is 2.78. The molecule has 20 heavy (non-hydrogen) atoms. The van der Waals surface area contributed by atoms with Crippen molar-refractivity contribution in [3.05, 3.63) is 29.0 Å². The molecular weight excluding hydrogens is 274 g/mol. The summed E-state index contributed by atoms with van der Waals surface area (Å²) in [6.07, 6.45) is 0.964. The van der Waals surface area contributed by atoms with Gasteiger partial charge in [0.2, 0.25) is 0 Å². The molecule has 0 unspecified atom stereocenters. The van der Waals surface area contributed by atoms with Gasteiger partial charge < -0.3 is 9.26 Å². The lowest BCUT2D eigenvalue weighted by molar-refractivity contribution is 0.192. The quantitative estimate of drug-likeness (QED) is 0.724. The molecule has 0 radical (unpaired) electrons. The number of hydrogen-bond donors (Lipinski definition) is 0. The third kappa shape index (κ3) is 2.01. The fraction of sp³-hybridized carbons (Fsp3) is 0.357. The zero-order valence-electron chi connectivity index (χ0n) is 11.0. The Bertz CT molecular complexity index is 759. The van der Waals surface area contributed by atoms with Crippen LogP contribution in [0.2, 0.25) is 0 Å². The van der Waals surface area contributed by atoms with Gasteiger partial charge in [0.25, 0.3) is 5.89 Å². The van der Waals surface area contributed by atoms with E-state index in [-0.39, 0.29) is 5.92 Å². The number of aryl methyl sites for hydroxylation is 1. The van der Waals surface area contributed by atoms with E-state index in [9.17, 15) is 0 Å². The van der Waals surface area contributed by atoms with E-state index in [2.05, 4.69) is 21.2 Å². The highest BCUT2D eigenvalue weighted by Gasteiger charge is 2.23. The van der Waals surface area contributed by atoms with Crippen molar-refractivity contribution < 1.29 is 9.26 Å². The molecule has 0 saturated carbocycles. The van der Waals surface area contributed by atoms with Gasteiger partial charge in [-0.05, 0) is 31.5 Å². The fourth-order valence-electron chi connectivity index (χ4n) is 2.43. The van der Waals surface area contributed by atoms with Gasteiger partial charge in [-0.1, -0.05) is 5.16 Å². The summed E-state index contributed by atoms with van der Waals surface area (Å²) in [6, 6.07) is 6.03. The van der Waals surface area contributed by atoms with Crippen LogP contribution in [0.4, 0.5) is 0 Å². The van der Waals surface area contributed by atoms with E-state index in [0.717, 1.165) is 39.6 Å². The van der Waals surface area contributed by atoms with Crippen LogP contribution >= 0.6 is 11.3 Å². The average molecular weight is 287 g/mol. The maximum absolute atomic E-state index is 5.39. The van der Waals surface area contributed by atoms with Gasteiger partial charge in [0, 0.05) is 18.1 Å².